The minimum absolute atomic E-state index is 0.0250. The van der Waals surface area contributed by atoms with Crippen LogP contribution in [0.4, 0.5) is 8.78 Å². The van der Waals surface area contributed by atoms with Crippen LogP contribution in [0.5, 0.6) is 0 Å². The van der Waals surface area contributed by atoms with Crippen LogP contribution < -0.4 is 0 Å². The third-order valence-electron chi connectivity index (χ3n) is 10.9. The average molecular weight is 605 g/mol. The molecule has 0 heterocycles. The van der Waals surface area contributed by atoms with Crippen LogP contribution in [-0.4, -0.2) is 53.6 Å². The fourth-order valence-electron chi connectivity index (χ4n) is 9.21. The number of carboxylic acid groups (broad SMARTS) is 1. The van der Waals surface area contributed by atoms with E-state index in [1.165, 1.54) is 0 Å². The number of carbonyl (C=O) groups is 1. The second-order valence-electron chi connectivity index (χ2n) is 12.9. The normalized spacial score (nSPS) is 47.1. The molecule has 0 aliphatic heterocycles. The molecule has 0 radical (unpaired) electrons. The zero-order valence-electron chi connectivity index (χ0n) is 22.3. The second-order valence-corrected chi connectivity index (χ2v) is 15.3. The van der Waals surface area contributed by atoms with Gasteiger partial charge in [-0.15, -0.1) is 0 Å². The van der Waals surface area contributed by atoms with Crippen LogP contribution in [0.15, 0.2) is 0 Å². The van der Waals surface area contributed by atoms with Crippen molar-refractivity contribution in [1.82, 2.24) is 0 Å². The van der Waals surface area contributed by atoms with E-state index in [1.54, 1.807) is 13.8 Å². The number of fused-ring (bicyclic) bond motifs is 5. The van der Waals surface area contributed by atoms with E-state index in [0.29, 0.717) is 19.3 Å². The van der Waals surface area contributed by atoms with Gasteiger partial charge in [-0.2, -0.15) is 0 Å². The van der Waals surface area contributed by atoms with Gasteiger partial charge in [0.05, 0.1) is 6.10 Å². The van der Waals surface area contributed by atoms with E-state index in [0.717, 1.165) is 0 Å². The summed E-state index contributed by atoms with van der Waals surface area (Å²) in [6.07, 6.45) is -1.23. The van der Waals surface area contributed by atoms with Crippen LogP contribution in [-0.2, 0) is 23.0 Å². The first kappa shape index (κ1) is 31.4. The highest BCUT2D eigenvalue weighted by Crippen LogP contribution is 2.72. The summed E-state index contributed by atoms with van der Waals surface area (Å²) in [5.41, 5.74) is -1.81. The molecule has 0 aromatic carbocycles. The number of alkyl halides is 2. The number of aliphatic carboxylic acids is 1. The van der Waals surface area contributed by atoms with E-state index in [-0.39, 0.29) is 37.5 Å². The van der Waals surface area contributed by atoms with Crippen molar-refractivity contribution in [3.8, 4) is 0 Å². The topological polar surface area (TPSA) is 191 Å². The number of carboxylic acids is 1. The van der Waals surface area contributed by atoms with Crippen molar-refractivity contribution in [2.45, 2.75) is 96.4 Å². The molecule has 0 aromatic rings. The number of rotatable bonds is 8. The molecule has 4 saturated carbocycles. The van der Waals surface area contributed by atoms with Crippen LogP contribution in [0.2, 0.25) is 0 Å². The maximum atomic E-state index is 16.4. The summed E-state index contributed by atoms with van der Waals surface area (Å²) in [6, 6.07) is 0. The minimum Gasteiger partial charge on any atom is -0.481 e. The third-order valence-corrected chi connectivity index (χ3v) is 12.0. The molecule has 4 rings (SSSR count). The molecule has 15 heteroatoms. The number of hydrogen-bond acceptors (Lipinski definition) is 6. The molecule has 11 nitrogen and oxygen atoms in total. The predicted molar refractivity (Wildman–Crippen MR) is 132 cm³/mol. The van der Waals surface area contributed by atoms with Crippen molar-refractivity contribution < 1.29 is 61.5 Å². The summed E-state index contributed by atoms with van der Waals surface area (Å²) in [5, 5.41) is 20.4. The summed E-state index contributed by atoms with van der Waals surface area (Å²) in [4.78, 5) is 49.3. The van der Waals surface area contributed by atoms with Crippen molar-refractivity contribution in [3.63, 3.8) is 0 Å². The maximum Gasteiger partial charge on any atom is 0.472 e. The smallest absolute Gasteiger partial charge is 0.472 e. The Morgan fingerprint density at radius 1 is 1.03 bits per heavy atom. The molecule has 0 saturated heterocycles. The predicted octanol–water partition coefficient (Wildman–Crippen LogP) is 4.28. The highest BCUT2D eigenvalue weighted by Gasteiger charge is 2.71. The summed E-state index contributed by atoms with van der Waals surface area (Å²) in [6.45, 7) is 5.46. The van der Waals surface area contributed by atoms with E-state index < -0.39 is 86.8 Å². The van der Waals surface area contributed by atoms with E-state index in [1.807, 2.05) is 6.92 Å². The zero-order valence-corrected chi connectivity index (χ0v) is 24.1. The second kappa shape index (κ2) is 10.1. The molecule has 6 N–H and O–H groups in total. The number of hydrogen-bond donors (Lipinski definition) is 6. The lowest BCUT2D eigenvalue weighted by Gasteiger charge is -2.65. The van der Waals surface area contributed by atoms with E-state index >= 15 is 8.78 Å². The van der Waals surface area contributed by atoms with Crippen molar-refractivity contribution in [3.05, 3.63) is 0 Å². The number of halogens is 2. The number of phosphoric acid groups is 2. The largest absolute Gasteiger partial charge is 0.481 e. The Morgan fingerprint density at radius 3 is 2.23 bits per heavy atom. The van der Waals surface area contributed by atoms with Gasteiger partial charge in [0.25, 0.3) is 0 Å². The molecule has 11 unspecified atom stereocenters. The SMILES string of the molecule is CC(CCC(=O)O)C1CCC2C3C(CC(OP(=O)(O)O)C12C)C1(C)CCC(F)(OP(=O)(O)O)CC1CC3(O)F. The first-order valence-corrected chi connectivity index (χ1v) is 16.5. The molecule has 4 aliphatic carbocycles. The lowest BCUT2D eigenvalue weighted by Crippen LogP contribution is -2.66. The van der Waals surface area contributed by atoms with Gasteiger partial charge in [0.15, 0.2) is 0 Å². The van der Waals surface area contributed by atoms with Gasteiger partial charge in [-0.1, -0.05) is 20.8 Å². The minimum atomic E-state index is -5.19. The third kappa shape index (κ3) is 5.90. The van der Waals surface area contributed by atoms with Crippen LogP contribution in [0, 0.1) is 46.3 Å². The first-order valence-electron chi connectivity index (χ1n) is 13.4. The Morgan fingerprint density at radius 2 is 1.67 bits per heavy atom. The molecule has 4 aliphatic rings. The van der Waals surface area contributed by atoms with Crippen LogP contribution in [0.3, 0.4) is 0 Å². The Hall–Kier alpha value is -0.490. The van der Waals surface area contributed by atoms with Gasteiger partial charge >= 0.3 is 21.6 Å². The Labute approximate surface area is 226 Å². The first-order chi connectivity index (χ1) is 17.6. The molecule has 4 fully saturated rings. The molecule has 0 bridgehead atoms. The monoisotopic (exact) mass is 604 g/mol. The van der Waals surface area contributed by atoms with E-state index in [9.17, 15) is 43.7 Å². The Bertz CT molecular complexity index is 1060. The van der Waals surface area contributed by atoms with Gasteiger partial charge < -0.3 is 29.8 Å². The fourth-order valence-corrected chi connectivity index (χ4v) is 10.5. The number of aliphatic hydroxyl groups is 1. The highest BCUT2D eigenvalue weighted by molar-refractivity contribution is 7.46. The van der Waals surface area contributed by atoms with Gasteiger partial charge in [-0.3, -0.25) is 9.32 Å². The Balaban J connectivity index is 1.72. The Kier molecular flexibility index (Phi) is 8.11. The van der Waals surface area contributed by atoms with Crippen LogP contribution in [0.25, 0.3) is 0 Å². The summed E-state index contributed by atoms with van der Waals surface area (Å²) in [7, 11) is -10.2. The molecular formula is C24H40F2O11P2. The van der Waals surface area contributed by atoms with Crippen LogP contribution in [0.1, 0.15) is 78.6 Å². The molecule has 226 valence electrons. The number of phosphoric ester groups is 2. The molecule has 0 amide bonds. The molecule has 39 heavy (non-hydrogen) atoms. The van der Waals surface area contributed by atoms with Crippen LogP contribution >= 0.6 is 15.6 Å². The summed E-state index contributed by atoms with van der Waals surface area (Å²) < 4.78 is 65.2. The van der Waals surface area contributed by atoms with Crippen molar-refractivity contribution in [2.75, 3.05) is 0 Å². The molecule has 11 atom stereocenters. The van der Waals surface area contributed by atoms with Crippen molar-refractivity contribution in [2.24, 2.45) is 46.3 Å². The van der Waals surface area contributed by atoms with Gasteiger partial charge in [0.2, 0.25) is 11.7 Å². The van der Waals surface area contributed by atoms with E-state index in [4.69, 9.17) is 4.52 Å². The van der Waals surface area contributed by atoms with Gasteiger partial charge in [-0.05, 0) is 67.1 Å². The van der Waals surface area contributed by atoms with Gasteiger partial charge in [0.1, 0.15) is 0 Å². The lowest BCUT2D eigenvalue weighted by molar-refractivity contribution is -0.293. The van der Waals surface area contributed by atoms with E-state index in [2.05, 4.69) is 4.52 Å². The zero-order chi connectivity index (χ0) is 29.4. The van der Waals surface area contributed by atoms with Crippen molar-refractivity contribution in [1.29, 1.82) is 0 Å². The quantitative estimate of drug-likeness (QED) is 0.217. The molecule has 0 aromatic heterocycles. The fraction of sp³-hybridized carbons (Fsp3) is 0.958. The average Bonchev–Trinajstić information content (AvgIpc) is 3.09. The maximum absolute atomic E-state index is 16.4. The summed E-state index contributed by atoms with van der Waals surface area (Å²) >= 11 is 0. The van der Waals surface area contributed by atoms with Crippen molar-refractivity contribution >= 4 is 21.6 Å². The standard InChI is InChI=1S/C24H40F2O11P2/c1-13(4-7-19(27)28)15-5-6-16-20-17(10-18(22(15,16)3)36-38(30,31)32)21(2)8-9-23(25,37-39(33,34)35)11-14(21)12-24(20,26)29/h13-18,20,29H,4-12H2,1-3H3,(H,27,28)(H2,30,31,32)(H2,33,34,35). The van der Waals surface area contributed by atoms with Gasteiger partial charge in [-0.25, -0.2) is 22.4 Å². The lowest BCUT2D eigenvalue weighted by atomic mass is 9.42. The highest BCUT2D eigenvalue weighted by atomic mass is 31.2. The summed E-state index contributed by atoms with van der Waals surface area (Å²) in [5.74, 6) is -9.94. The molecular weight excluding hydrogens is 564 g/mol. The molecule has 0 spiro atoms. The van der Waals surface area contributed by atoms with Gasteiger partial charge in [0, 0.05) is 37.0 Å².